The Bertz CT molecular complexity index is 672. The van der Waals surface area contributed by atoms with Gasteiger partial charge in [-0.25, -0.2) is 0 Å². The smallest absolute Gasteiger partial charge is 0.189 e. The number of fused-ring (bicyclic) bond motifs is 2. The molecule has 4 aliphatic rings. The van der Waals surface area contributed by atoms with E-state index < -0.39 is 22.8 Å². The van der Waals surface area contributed by atoms with E-state index in [9.17, 15) is 0 Å². The van der Waals surface area contributed by atoms with Crippen molar-refractivity contribution in [2.75, 3.05) is 0 Å². The lowest BCUT2D eigenvalue weighted by molar-refractivity contribution is -0.222. The molecule has 0 bridgehead atoms. The zero-order chi connectivity index (χ0) is 22.5. The Hall–Kier alpha value is -1.12. The maximum atomic E-state index is 5.84. The minimum absolute atomic E-state index is 0. The van der Waals surface area contributed by atoms with E-state index in [4.69, 9.17) is 41.3 Å². The topological polar surface area (TPSA) is 55.4 Å². The summed E-state index contributed by atoms with van der Waals surface area (Å²) in [5, 5.41) is 0. The molecule has 4 aliphatic heterocycles. The number of hydrogen-bond acceptors (Lipinski definition) is 6. The van der Waals surface area contributed by atoms with Crippen molar-refractivity contribution in [1.29, 1.82) is 0 Å². The van der Waals surface area contributed by atoms with Gasteiger partial charge in [-0.15, -0.1) is 12.8 Å². The van der Waals surface area contributed by atoms with Crippen molar-refractivity contribution < 1.29 is 28.4 Å². The second-order valence-electron chi connectivity index (χ2n) is 9.52. The number of terminal acetylenes is 2. The van der Waals surface area contributed by atoms with E-state index in [1.165, 1.54) is 0 Å². The first kappa shape index (κ1) is 28.9. The van der Waals surface area contributed by atoms with Crippen LogP contribution in [-0.4, -0.2) is 47.6 Å². The van der Waals surface area contributed by atoms with Crippen LogP contribution in [-0.2, 0) is 28.4 Å². The van der Waals surface area contributed by atoms with Crippen molar-refractivity contribution in [2.24, 2.45) is 11.8 Å². The summed E-state index contributed by atoms with van der Waals surface area (Å²) < 4.78 is 34.6. The Morgan fingerprint density at radius 3 is 1.16 bits per heavy atom. The summed E-state index contributed by atoms with van der Waals surface area (Å²) in [6.07, 6.45) is 12.0. The summed E-state index contributed by atoms with van der Waals surface area (Å²) in [6.45, 7) is 15.8. The molecule has 0 amide bonds. The summed E-state index contributed by atoms with van der Waals surface area (Å²) in [4.78, 5) is 0. The molecule has 0 aromatic rings. The average molecular weight is 453 g/mol. The molecule has 184 valence electrons. The van der Waals surface area contributed by atoms with Crippen molar-refractivity contribution in [3.8, 4) is 24.7 Å². The first-order valence-electron chi connectivity index (χ1n) is 10.9. The summed E-state index contributed by atoms with van der Waals surface area (Å²) in [5.74, 6) is 4.72. The molecule has 0 saturated carbocycles. The Morgan fingerprint density at radius 2 is 0.938 bits per heavy atom. The summed E-state index contributed by atoms with van der Waals surface area (Å²) >= 11 is 0. The average Bonchev–Trinajstić information content (AvgIpc) is 3.32. The van der Waals surface area contributed by atoms with Gasteiger partial charge >= 0.3 is 0 Å². The third kappa shape index (κ3) is 4.73. The highest BCUT2D eigenvalue weighted by atomic mass is 16.8. The molecule has 32 heavy (non-hydrogen) atoms. The fourth-order valence-electron chi connectivity index (χ4n) is 4.88. The van der Waals surface area contributed by atoms with Crippen molar-refractivity contribution in [1.82, 2.24) is 0 Å². The quantitative estimate of drug-likeness (QED) is 0.544. The number of hydrogen-bond donors (Lipinski definition) is 0. The highest BCUT2D eigenvalue weighted by molar-refractivity contribution is 5.17. The van der Waals surface area contributed by atoms with Crippen LogP contribution >= 0.6 is 0 Å². The molecule has 6 heteroatoms. The summed E-state index contributed by atoms with van der Waals surface area (Å²) in [6, 6.07) is 0. The maximum absolute atomic E-state index is 5.84. The van der Waals surface area contributed by atoms with E-state index in [0.29, 0.717) is 0 Å². The van der Waals surface area contributed by atoms with E-state index in [0.717, 1.165) is 12.8 Å². The molecule has 0 aromatic carbocycles. The second-order valence-corrected chi connectivity index (χ2v) is 9.52. The molecule has 0 aromatic heterocycles. The van der Waals surface area contributed by atoms with E-state index >= 15 is 0 Å². The van der Waals surface area contributed by atoms with Gasteiger partial charge in [-0.05, 0) is 40.5 Å². The van der Waals surface area contributed by atoms with Crippen molar-refractivity contribution in [2.45, 2.75) is 131 Å². The van der Waals surface area contributed by atoms with Crippen LogP contribution in [0.1, 0.15) is 83.1 Å². The zero-order valence-corrected chi connectivity index (χ0v) is 19.5. The van der Waals surface area contributed by atoms with Crippen LogP contribution in [0.4, 0.5) is 0 Å². The van der Waals surface area contributed by atoms with Crippen molar-refractivity contribution >= 4 is 0 Å². The molecule has 6 nitrogen and oxygen atoms in total. The molecule has 0 aliphatic carbocycles. The maximum Gasteiger partial charge on any atom is 0.189 e. The Kier molecular flexibility index (Phi) is 8.70. The van der Waals surface area contributed by atoms with Crippen molar-refractivity contribution in [3.63, 3.8) is 0 Å². The van der Waals surface area contributed by atoms with E-state index in [-0.39, 0.29) is 51.5 Å². The standard InChI is InChI=1S/2C12H18O3.2CH4/c2*1-6-12(7-2)8(3)9-10(15-12)14-11(4,5)13-9;;/h2*1,8-10H,7H2,2-5H3;2*1H4/t2*8?,9?,10-,12-;;/m11../s1. The van der Waals surface area contributed by atoms with Gasteiger partial charge in [-0.2, -0.15) is 0 Å². The van der Waals surface area contributed by atoms with Gasteiger partial charge in [0.05, 0.1) is 0 Å². The van der Waals surface area contributed by atoms with E-state index in [2.05, 4.69) is 25.7 Å². The van der Waals surface area contributed by atoms with Gasteiger partial charge in [0.25, 0.3) is 0 Å². The van der Waals surface area contributed by atoms with Crippen molar-refractivity contribution in [3.05, 3.63) is 0 Å². The fourth-order valence-corrected chi connectivity index (χ4v) is 4.88. The highest BCUT2D eigenvalue weighted by Crippen LogP contribution is 2.47. The number of ether oxygens (including phenoxy) is 6. The third-order valence-corrected chi connectivity index (χ3v) is 6.82. The Morgan fingerprint density at radius 1 is 0.625 bits per heavy atom. The van der Waals surface area contributed by atoms with Gasteiger partial charge in [-0.1, -0.05) is 54.4 Å². The third-order valence-electron chi connectivity index (χ3n) is 6.82. The van der Waals surface area contributed by atoms with E-state index in [1.807, 2.05) is 41.5 Å². The molecule has 0 radical (unpaired) electrons. The lowest BCUT2D eigenvalue weighted by Gasteiger charge is -2.29. The Balaban J connectivity index is 0.000000301. The minimum Gasteiger partial charge on any atom is -0.341 e. The highest BCUT2D eigenvalue weighted by Gasteiger charge is 2.59. The molecule has 8 atom stereocenters. The lowest BCUT2D eigenvalue weighted by atomic mass is 9.86. The largest absolute Gasteiger partial charge is 0.341 e. The molecule has 0 N–H and O–H groups in total. The first-order valence-corrected chi connectivity index (χ1v) is 10.9. The zero-order valence-electron chi connectivity index (χ0n) is 19.5. The second kappa shape index (κ2) is 9.63. The normalized spacial score (nSPS) is 44.6. The van der Waals surface area contributed by atoms with Gasteiger partial charge in [0.15, 0.2) is 24.2 Å². The predicted octanol–water partition coefficient (Wildman–Crippen LogP) is 5.10. The van der Waals surface area contributed by atoms with Gasteiger partial charge in [0, 0.05) is 11.8 Å². The Labute approximate surface area is 196 Å². The van der Waals surface area contributed by atoms with Crippen LogP contribution in [0.3, 0.4) is 0 Å². The monoisotopic (exact) mass is 452 g/mol. The van der Waals surface area contributed by atoms with Crippen LogP contribution in [0.25, 0.3) is 0 Å². The molecule has 4 saturated heterocycles. The van der Waals surface area contributed by atoms with Gasteiger partial charge < -0.3 is 28.4 Å². The van der Waals surface area contributed by atoms with E-state index in [1.54, 1.807) is 0 Å². The SMILES string of the molecule is C.C.C#C[C@]1(CC)O[C@H]2OC(C)(C)OC2C1C.C#C[C@]1(CC)O[C@H]2OC(C)(C)OC2C1C. The molecule has 4 unspecified atom stereocenters. The molecule has 4 fully saturated rings. The summed E-state index contributed by atoms with van der Waals surface area (Å²) in [5.41, 5.74) is -1.04. The molecular formula is C26H44O6. The van der Waals surface area contributed by atoms with Gasteiger partial charge in [0.2, 0.25) is 0 Å². The molecule has 4 rings (SSSR count). The van der Waals surface area contributed by atoms with Crippen LogP contribution in [0, 0.1) is 36.5 Å². The molecule has 4 heterocycles. The van der Waals surface area contributed by atoms with Crippen LogP contribution < -0.4 is 0 Å². The van der Waals surface area contributed by atoms with Crippen LogP contribution in [0.5, 0.6) is 0 Å². The first-order chi connectivity index (χ1) is 13.9. The summed E-state index contributed by atoms with van der Waals surface area (Å²) in [7, 11) is 0. The predicted molar refractivity (Wildman–Crippen MR) is 125 cm³/mol. The fraction of sp³-hybridized carbons (Fsp3) is 0.846. The van der Waals surface area contributed by atoms with Crippen LogP contribution in [0.2, 0.25) is 0 Å². The van der Waals surface area contributed by atoms with Gasteiger partial charge in [-0.3, -0.25) is 0 Å². The van der Waals surface area contributed by atoms with Crippen LogP contribution in [0.15, 0.2) is 0 Å². The lowest BCUT2D eigenvalue weighted by Crippen LogP contribution is -2.37. The number of rotatable bonds is 2. The minimum atomic E-state index is -0.557. The van der Waals surface area contributed by atoms with Gasteiger partial charge in [0.1, 0.15) is 23.4 Å². The molecule has 0 spiro atoms. The molecular weight excluding hydrogens is 408 g/mol.